The van der Waals surface area contributed by atoms with Gasteiger partial charge in [-0.3, -0.25) is 14.4 Å². The topological polar surface area (TPSA) is 108 Å². The van der Waals surface area contributed by atoms with Crippen molar-refractivity contribution in [3.8, 4) is 6.07 Å². The maximum absolute atomic E-state index is 12.1. The molecule has 0 fully saturated rings. The number of carbonyl (C=O) groups is 3. The number of esters is 1. The molecule has 0 saturated heterocycles. The number of nitrogens with zero attached hydrogens (tertiary/aromatic N) is 1. The number of nitriles is 1. The van der Waals surface area contributed by atoms with E-state index in [0.29, 0.717) is 16.1 Å². The van der Waals surface area contributed by atoms with Gasteiger partial charge in [-0.05, 0) is 55.5 Å². The lowest BCUT2D eigenvalue weighted by molar-refractivity contribution is -0.152. The summed E-state index contributed by atoms with van der Waals surface area (Å²) in [4.78, 5) is 36.0. The van der Waals surface area contributed by atoms with Gasteiger partial charge in [0.2, 0.25) is 0 Å². The molecule has 1 atom stereocenters. The zero-order valence-corrected chi connectivity index (χ0v) is 16.0. The summed E-state index contributed by atoms with van der Waals surface area (Å²) >= 11 is 1.20. The Morgan fingerprint density at radius 2 is 1.96 bits per heavy atom. The minimum absolute atomic E-state index is 0.340. The van der Waals surface area contributed by atoms with E-state index in [4.69, 9.17) is 10.00 Å². The molecule has 2 rings (SSSR count). The van der Waals surface area contributed by atoms with Gasteiger partial charge in [0.25, 0.3) is 11.8 Å². The van der Waals surface area contributed by atoms with Gasteiger partial charge in [-0.1, -0.05) is 6.07 Å². The molecule has 0 spiro atoms. The molecular weight excluding hydrogens is 366 g/mol. The molecule has 1 heterocycles. The molecule has 27 heavy (non-hydrogen) atoms. The Bertz CT molecular complexity index is 914. The van der Waals surface area contributed by atoms with E-state index < -0.39 is 23.9 Å². The average molecular weight is 385 g/mol. The highest BCUT2D eigenvalue weighted by molar-refractivity contribution is 7.14. The van der Waals surface area contributed by atoms with Crippen LogP contribution in [0, 0.1) is 25.2 Å². The molecule has 0 radical (unpaired) electrons. The highest BCUT2D eigenvalue weighted by Crippen LogP contribution is 2.22. The molecule has 0 aliphatic heterocycles. The average Bonchev–Trinajstić information content (AvgIpc) is 3.08. The van der Waals surface area contributed by atoms with E-state index in [2.05, 4.69) is 10.6 Å². The lowest BCUT2D eigenvalue weighted by Gasteiger charge is -2.13. The fourth-order valence-corrected chi connectivity index (χ4v) is 2.88. The number of aryl methyl sites for hydroxylation is 2. The zero-order chi connectivity index (χ0) is 20.0. The molecule has 0 saturated carbocycles. The predicted octanol–water partition coefficient (Wildman–Crippen LogP) is 2.54. The fraction of sp³-hybridized carbons (Fsp3) is 0.263. The number of carbonyl (C=O) groups excluding carboxylic acids is 3. The molecule has 0 unspecified atom stereocenters. The van der Waals surface area contributed by atoms with E-state index in [-0.39, 0.29) is 6.54 Å². The number of ether oxygens (including phenoxy) is 1. The Labute approximate surface area is 161 Å². The van der Waals surface area contributed by atoms with Crippen LogP contribution in [0.25, 0.3) is 0 Å². The van der Waals surface area contributed by atoms with Crippen molar-refractivity contribution in [2.45, 2.75) is 26.9 Å². The molecular formula is C19H19N3O4S. The Morgan fingerprint density at radius 3 is 2.63 bits per heavy atom. The smallest absolute Gasteiger partial charge is 0.326 e. The molecule has 8 heteroatoms. The Hall–Kier alpha value is -3.18. The fourth-order valence-electron chi connectivity index (χ4n) is 2.14. The second-order valence-electron chi connectivity index (χ2n) is 5.88. The van der Waals surface area contributed by atoms with Crippen molar-refractivity contribution in [3.63, 3.8) is 0 Å². The first-order valence-electron chi connectivity index (χ1n) is 8.15. The van der Waals surface area contributed by atoms with Crippen LogP contribution in [-0.4, -0.2) is 30.4 Å². The van der Waals surface area contributed by atoms with E-state index >= 15 is 0 Å². The first kappa shape index (κ1) is 20.1. The van der Waals surface area contributed by atoms with E-state index in [1.807, 2.05) is 26.0 Å². The van der Waals surface area contributed by atoms with Gasteiger partial charge in [-0.15, -0.1) is 11.3 Å². The maximum Gasteiger partial charge on any atom is 0.326 e. The quantitative estimate of drug-likeness (QED) is 0.743. The van der Waals surface area contributed by atoms with Gasteiger partial charge in [0.1, 0.15) is 17.6 Å². The van der Waals surface area contributed by atoms with Crippen molar-refractivity contribution < 1.29 is 19.1 Å². The van der Waals surface area contributed by atoms with E-state index in [1.54, 1.807) is 23.6 Å². The second kappa shape index (κ2) is 8.96. The number of benzene rings is 1. The lowest BCUT2D eigenvalue weighted by Crippen LogP contribution is -2.35. The number of thiophene rings is 1. The number of hydrogen-bond donors (Lipinski definition) is 2. The van der Waals surface area contributed by atoms with Crippen LogP contribution in [0.15, 0.2) is 29.6 Å². The highest BCUT2D eigenvalue weighted by Gasteiger charge is 2.20. The van der Waals surface area contributed by atoms with Gasteiger partial charge in [0.15, 0.2) is 6.10 Å². The van der Waals surface area contributed by atoms with Crippen LogP contribution in [0.4, 0.5) is 5.00 Å². The third kappa shape index (κ3) is 5.39. The summed E-state index contributed by atoms with van der Waals surface area (Å²) in [5.74, 6) is -1.69. The Balaban J connectivity index is 1.83. The molecule has 2 aromatic rings. The van der Waals surface area contributed by atoms with Gasteiger partial charge in [-0.25, -0.2) is 0 Å². The first-order chi connectivity index (χ1) is 12.8. The number of hydrogen-bond acceptors (Lipinski definition) is 6. The van der Waals surface area contributed by atoms with E-state index in [1.165, 1.54) is 18.3 Å². The monoisotopic (exact) mass is 385 g/mol. The van der Waals surface area contributed by atoms with Crippen molar-refractivity contribution in [2.75, 3.05) is 11.9 Å². The van der Waals surface area contributed by atoms with Crippen molar-refractivity contribution in [1.82, 2.24) is 5.32 Å². The van der Waals surface area contributed by atoms with Crippen molar-refractivity contribution >= 4 is 34.1 Å². The summed E-state index contributed by atoms with van der Waals surface area (Å²) in [6, 6.07) is 8.78. The molecule has 2 N–H and O–H groups in total. The number of rotatable bonds is 6. The minimum atomic E-state index is -1.07. The SMILES string of the molecule is Cc1ccc(C(=O)NCC(=O)O[C@@H](C)C(=O)Nc2sccc2C#N)cc1C. The summed E-state index contributed by atoms with van der Waals surface area (Å²) in [5.41, 5.74) is 2.82. The van der Waals surface area contributed by atoms with E-state index in [9.17, 15) is 14.4 Å². The van der Waals surface area contributed by atoms with Crippen LogP contribution in [0.3, 0.4) is 0 Å². The molecule has 7 nitrogen and oxygen atoms in total. The van der Waals surface area contributed by atoms with Crippen LogP contribution >= 0.6 is 11.3 Å². The molecule has 2 amide bonds. The van der Waals surface area contributed by atoms with Crippen molar-refractivity contribution in [1.29, 1.82) is 5.26 Å². The first-order valence-corrected chi connectivity index (χ1v) is 9.03. The molecule has 0 aliphatic carbocycles. The molecule has 1 aromatic carbocycles. The Morgan fingerprint density at radius 1 is 1.22 bits per heavy atom. The van der Waals surface area contributed by atoms with Crippen LogP contribution in [0.5, 0.6) is 0 Å². The van der Waals surface area contributed by atoms with Crippen LogP contribution in [0.2, 0.25) is 0 Å². The lowest BCUT2D eigenvalue weighted by atomic mass is 10.1. The zero-order valence-electron chi connectivity index (χ0n) is 15.2. The van der Waals surface area contributed by atoms with Gasteiger partial charge in [0.05, 0.1) is 5.56 Å². The number of anilines is 1. The summed E-state index contributed by atoms with van der Waals surface area (Å²) in [6.07, 6.45) is -1.07. The van der Waals surface area contributed by atoms with Crippen LogP contribution in [0.1, 0.15) is 34.0 Å². The van der Waals surface area contributed by atoms with E-state index in [0.717, 1.165) is 11.1 Å². The van der Waals surface area contributed by atoms with Crippen LogP contribution < -0.4 is 10.6 Å². The minimum Gasteiger partial charge on any atom is -0.451 e. The summed E-state index contributed by atoms with van der Waals surface area (Å²) in [7, 11) is 0. The van der Waals surface area contributed by atoms with Crippen LogP contribution in [-0.2, 0) is 14.3 Å². The highest BCUT2D eigenvalue weighted by atomic mass is 32.1. The molecule has 0 aliphatic rings. The standard InChI is InChI=1S/C19H19N3O4S/c1-11-4-5-14(8-12(11)2)18(25)21-10-16(23)26-13(3)17(24)22-19-15(9-20)6-7-27-19/h4-8,13H,10H2,1-3H3,(H,21,25)(H,22,24)/t13-/m0/s1. The van der Waals surface area contributed by atoms with Crippen molar-refractivity contribution in [2.24, 2.45) is 0 Å². The third-order valence-corrected chi connectivity index (χ3v) is 4.69. The van der Waals surface area contributed by atoms with Gasteiger partial charge in [-0.2, -0.15) is 5.26 Å². The predicted molar refractivity (Wildman–Crippen MR) is 101 cm³/mol. The molecule has 1 aromatic heterocycles. The van der Waals surface area contributed by atoms with Gasteiger partial charge in [0, 0.05) is 5.56 Å². The maximum atomic E-state index is 12.1. The normalized spacial score (nSPS) is 11.2. The molecule has 0 bridgehead atoms. The molecule has 140 valence electrons. The largest absolute Gasteiger partial charge is 0.451 e. The number of nitrogens with one attached hydrogen (secondary N) is 2. The second-order valence-corrected chi connectivity index (χ2v) is 6.79. The summed E-state index contributed by atoms with van der Waals surface area (Å²) in [5, 5.41) is 16.0. The van der Waals surface area contributed by atoms with Gasteiger partial charge < -0.3 is 15.4 Å². The number of amides is 2. The summed E-state index contributed by atoms with van der Waals surface area (Å²) in [6.45, 7) is 4.90. The Kier molecular flexibility index (Phi) is 6.68. The third-order valence-electron chi connectivity index (χ3n) is 3.86. The summed E-state index contributed by atoms with van der Waals surface area (Å²) < 4.78 is 5.02. The van der Waals surface area contributed by atoms with Gasteiger partial charge >= 0.3 is 5.97 Å². The van der Waals surface area contributed by atoms with Crippen molar-refractivity contribution in [3.05, 3.63) is 51.9 Å².